The molecule has 2 amide bonds. The number of hydrogen-bond acceptors (Lipinski definition) is 4. The topological polar surface area (TPSA) is 76.5 Å². The van der Waals surface area contributed by atoms with E-state index in [-0.39, 0.29) is 12.3 Å². The van der Waals surface area contributed by atoms with Crippen molar-refractivity contribution in [2.45, 2.75) is 39.3 Å². The SMILES string of the molecule is CN(Cc1cccc(NC(=O)Cc2cnn(-c3ccccc3)c2)c1)C(=O)OC(C)(C)C. The van der Waals surface area contributed by atoms with Gasteiger partial charge in [0.25, 0.3) is 0 Å². The number of nitrogens with zero attached hydrogens (tertiary/aromatic N) is 3. The Morgan fingerprint density at radius 3 is 2.52 bits per heavy atom. The van der Waals surface area contributed by atoms with E-state index in [9.17, 15) is 9.59 Å². The molecule has 3 aromatic rings. The van der Waals surface area contributed by atoms with Gasteiger partial charge in [-0.3, -0.25) is 4.79 Å². The van der Waals surface area contributed by atoms with Crippen LogP contribution in [-0.4, -0.2) is 39.3 Å². The molecule has 0 fully saturated rings. The minimum Gasteiger partial charge on any atom is -0.444 e. The molecule has 31 heavy (non-hydrogen) atoms. The molecule has 0 atom stereocenters. The van der Waals surface area contributed by atoms with Crippen LogP contribution in [0.15, 0.2) is 67.0 Å². The van der Waals surface area contributed by atoms with Crippen molar-refractivity contribution in [3.63, 3.8) is 0 Å². The molecule has 0 spiro atoms. The summed E-state index contributed by atoms with van der Waals surface area (Å²) in [5.74, 6) is -0.134. The Bertz CT molecular complexity index is 1040. The van der Waals surface area contributed by atoms with E-state index in [1.807, 2.05) is 81.6 Å². The van der Waals surface area contributed by atoms with Crippen LogP contribution in [0.25, 0.3) is 5.69 Å². The lowest BCUT2D eigenvalue weighted by Crippen LogP contribution is -2.33. The van der Waals surface area contributed by atoms with Crippen LogP contribution in [0.3, 0.4) is 0 Å². The molecule has 0 saturated carbocycles. The Balaban J connectivity index is 1.57. The van der Waals surface area contributed by atoms with Gasteiger partial charge in [-0.25, -0.2) is 9.48 Å². The van der Waals surface area contributed by atoms with Gasteiger partial charge in [-0.2, -0.15) is 5.10 Å². The van der Waals surface area contributed by atoms with Crippen molar-refractivity contribution in [3.05, 3.63) is 78.1 Å². The molecule has 0 saturated heterocycles. The molecule has 7 nitrogen and oxygen atoms in total. The van der Waals surface area contributed by atoms with E-state index in [4.69, 9.17) is 4.74 Å². The zero-order valence-corrected chi connectivity index (χ0v) is 18.3. The van der Waals surface area contributed by atoms with E-state index >= 15 is 0 Å². The zero-order chi connectivity index (χ0) is 22.4. The molecule has 2 aromatic carbocycles. The van der Waals surface area contributed by atoms with E-state index in [1.54, 1.807) is 17.9 Å². The number of anilines is 1. The Kier molecular flexibility index (Phi) is 6.74. The fraction of sp³-hybridized carbons (Fsp3) is 0.292. The number of rotatable bonds is 6. The van der Waals surface area contributed by atoms with Gasteiger partial charge in [0, 0.05) is 25.5 Å². The van der Waals surface area contributed by atoms with Gasteiger partial charge in [-0.05, 0) is 56.2 Å². The van der Waals surface area contributed by atoms with Crippen LogP contribution in [-0.2, 0) is 22.5 Å². The van der Waals surface area contributed by atoms with Crippen LogP contribution in [0.4, 0.5) is 10.5 Å². The van der Waals surface area contributed by atoms with Gasteiger partial charge >= 0.3 is 6.09 Å². The summed E-state index contributed by atoms with van der Waals surface area (Å²) in [6.07, 6.45) is 3.37. The summed E-state index contributed by atoms with van der Waals surface area (Å²) < 4.78 is 7.12. The molecule has 1 heterocycles. The maximum Gasteiger partial charge on any atom is 0.410 e. The normalized spacial score (nSPS) is 11.1. The summed E-state index contributed by atoms with van der Waals surface area (Å²) >= 11 is 0. The monoisotopic (exact) mass is 420 g/mol. The van der Waals surface area contributed by atoms with Crippen molar-refractivity contribution in [3.8, 4) is 5.69 Å². The third kappa shape index (κ3) is 6.70. The Morgan fingerprint density at radius 2 is 1.81 bits per heavy atom. The number of aromatic nitrogens is 2. The quantitative estimate of drug-likeness (QED) is 0.640. The second kappa shape index (κ2) is 9.47. The maximum atomic E-state index is 12.5. The van der Waals surface area contributed by atoms with Crippen LogP contribution in [0.2, 0.25) is 0 Å². The van der Waals surface area contributed by atoms with E-state index < -0.39 is 11.7 Å². The molecule has 0 bridgehead atoms. The number of carbonyl (C=O) groups is 2. The summed E-state index contributed by atoms with van der Waals surface area (Å²) in [4.78, 5) is 26.2. The minimum atomic E-state index is -0.546. The van der Waals surface area contributed by atoms with Crippen molar-refractivity contribution in [1.82, 2.24) is 14.7 Å². The summed E-state index contributed by atoms with van der Waals surface area (Å²) in [5.41, 5.74) is 2.78. The van der Waals surface area contributed by atoms with Crippen molar-refractivity contribution in [2.75, 3.05) is 12.4 Å². The highest BCUT2D eigenvalue weighted by molar-refractivity contribution is 5.92. The van der Waals surface area contributed by atoms with Crippen LogP contribution >= 0.6 is 0 Å². The highest BCUT2D eigenvalue weighted by Crippen LogP contribution is 2.15. The minimum absolute atomic E-state index is 0.134. The average Bonchev–Trinajstić information content (AvgIpc) is 3.16. The summed E-state index contributed by atoms with van der Waals surface area (Å²) in [6.45, 7) is 5.87. The first-order valence-corrected chi connectivity index (χ1v) is 10.1. The Labute approximate surface area is 182 Å². The standard InChI is InChI=1S/C24H28N4O3/c1-24(2,3)31-23(30)27(4)16-18-9-8-10-20(13-18)26-22(29)14-19-15-25-28(17-19)21-11-6-5-7-12-21/h5-13,15,17H,14,16H2,1-4H3,(H,26,29). The molecule has 1 aromatic heterocycles. The van der Waals surface area contributed by atoms with Crippen molar-refractivity contribution in [1.29, 1.82) is 0 Å². The van der Waals surface area contributed by atoms with Crippen molar-refractivity contribution < 1.29 is 14.3 Å². The number of para-hydroxylation sites is 1. The number of nitrogens with one attached hydrogen (secondary N) is 1. The number of amides is 2. The lowest BCUT2D eigenvalue weighted by molar-refractivity contribution is -0.115. The number of ether oxygens (including phenoxy) is 1. The number of benzene rings is 2. The number of carbonyl (C=O) groups excluding carboxylic acids is 2. The van der Waals surface area contributed by atoms with Gasteiger partial charge in [0.2, 0.25) is 5.91 Å². The van der Waals surface area contributed by atoms with Crippen molar-refractivity contribution in [2.24, 2.45) is 0 Å². The first-order chi connectivity index (χ1) is 14.7. The van der Waals surface area contributed by atoms with E-state index in [0.29, 0.717) is 12.2 Å². The summed E-state index contributed by atoms with van der Waals surface area (Å²) in [6, 6.07) is 17.2. The predicted octanol–water partition coefficient (Wildman–Crippen LogP) is 4.42. The Hall–Kier alpha value is -3.61. The highest BCUT2D eigenvalue weighted by atomic mass is 16.6. The molecule has 1 N–H and O–H groups in total. The lowest BCUT2D eigenvalue weighted by Gasteiger charge is -2.24. The number of hydrogen-bond donors (Lipinski definition) is 1. The fourth-order valence-corrected chi connectivity index (χ4v) is 2.99. The first kappa shape index (κ1) is 22.1. The molecule has 0 aliphatic rings. The second-order valence-corrected chi connectivity index (χ2v) is 8.39. The molecule has 7 heteroatoms. The van der Waals surface area contributed by atoms with Gasteiger partial charge in [0.1, 0.15) is 5.60 Å². The average molecular weight is 421 g/mol. The molecular formula is C24H28N4O3. The summed E-state index contributed by atoms with van der Waals surface area (Å²) in [5, 5.41) is 7.23. The lowest BCUT2D eigenvalue weighted by atomic mass is 10.1. The van der Waals surface area contributed by atoms with Crippen LogP contribution in [0.5, 0.6) is 0 Å². The molecule has 0 radical (unpaired) electrons. The van der Waals surface area contributed by atoms with E-state index in [0.717, 1.165) is 16.8 Å². The molecule has 162 valence electrons. The third-order valence-electron chi connectivity index (χ3n) is 4.36. The largest absolute Gasteiger partial charge is 0.444 e. The van der Waals surface area contributed by atoms with Crippen LogP contribution < -0.4 is 5.32 Å². The van der Waals surface area contributed by atoms with Gasteiger partial charge in [0.05, 0.1) is 18.3 Å². The molecular weight excluding hydrogens is 392 g/mol. The van der Waals surface area contributed by atoms with Gasteiger partial charge < -0.3 is 15.0 Å². The van der Waals surface area contributed by atoms with Gasteiger partial charge in [-0.1, -0.05) is 30.3 Å². The predicted molar refractivity (Wildman–Crippen MR) is 120 cm³/mol. The van der Waals surface area contributed by atoms with Crippen LogP contribution in [0, 0.1) is 0 Å². The maximum absolute atomic E-state index is 12.5. The zero-order valence-electron chi connectivity index (χ0n) is 18.3. The smallest absolute Gasteiger partial charge is 0.410 e. The molecule has 0 aliphatic heterocycles. The molecule has 0 unspecified atom stereocenters. The molecule has 0 aliphatic carbocycles. The second-order valence-electron chi connectivity index (χ2n) is 8.39. The van der Waals surface area contributed by atoms with E-state index in [2.05, 4.69) is 10.4 Å². The van der Waals surface area contributed by atoms with Crippen molar-refractivity contribution >= 4 is 17.7 Å². The highest BCUT2D eigenvalue weighted by Gasteiger charge is 2.19. The van der Waals surface area contributed by atoms with Gasteiger partial charge in [0.15, 0.2) is 0 Å². The third-order valence-corrected chi connectivity index (χ3v) is 4.36. The fourth-order valence-electron chi connectivity index (χ4n) is 2.99. The van der Waals surface area contributed by atoms with Crippen LogP contribution in [0.1, 0.15) is 31.9 Å². The molecule has 3 rings (SSSR count). The first-order valence-electron chi connectivity index (χ1n) is 10.1. The Morgan fingerprint density at radius 1 is 1.06 bits per heavy atom. The van der Waals surface area contributed by atoms with E-state index in [1.165, 1.54) is 4.90 Å². The van der Waals surface area contributed by atoms with Gasteiger partial charge in [-0.15, -0.1) is 0 Å². The summed E-state index contributed by atoms with van der Waals surface area (Å²) in [7, 11) is 1.68.